The first kappa shape index (κ1) is 16.7. The molecule has 0 amide bonds. The Labute approximate surface area is 160 Å². The lowest BCUT2D eigenvalue weighted by atomic mass is 10.1. The molecule has 3 aromatic heterocycles. The van der Waals surface area contributed by atoms with Gasteiger partial charge in [-0.1, -0.05) is 12.1 Å². The van der Waals surface area contributed by atoms with Gasteiger partial charge in [-0.2, -0.15) is 5.10 Å². The van der Waals surface area contributed by atoms with Crippen molar-refractivity contribution in [3.8, 4) is 10.4 Å². The van der Waals surface area contributed by atoms with E-state index in [-0.39, 0.29) is 5.69 Å². The maximum Gasteiger partial charge on any atom is 0.348 e. The molecule has 1 aliphatic heterocycles. The number of pyridine rings is 1. The predicted octanol–water partition coefficient (Wildman–Crippen LogP) is 2.66. The van der Waals surface area contributed by atoms with Crippen LogP contribution in [0.3, 0.4) is 0 Å². The van der Waals surface area contributed by atoms with E-state index >= 15 is 0 Å². The minimum atomic E-state index is -0.201. The Bertz CT molecular complexity index is 1180. The van der Waals surface area contributed by atoms with E-state index in [9.17, 15) is 4.79 Å². The highest BCUT2D eigenvalue weighted by atomic mass is 32.1. The fourth-order valence-corrected chi connectivity index (χ4v) is 4.77. The molecule has 1 saturated heterocycles. The summed E-state index contributed by atoms with van der Waals surface area (Å²) in [4.78, 5) is 14.7. The normalized spacial score (nSPS) is 17.3. The number of nitrogens with one attached hydrogen (secondary N) is 3. The molecule has 4 heterocycles. The number of thiophene rings is 1. The molecule has 3 N–H and O–H groups in total. The Morgan fingerprint density at radius 3 is 3.07 bits per heavy atom. The number of H-pyrrole nitrogens is 1. The molecule has 4 aromatic rings. The molecule has 1 fully saturated rings. The molecule has 1 aliphatic rings. The third kappa shape index (κ3) is 2.97. The number of aromatic amines is 1. The largest absolute Gasteiger partial charge is 0.348 e. The first-order valence-corrected chi connectivity index (χ1v) is 10.0. The molecular weight excluding hydrogens is 358 g/mol. The molecule has 0 radical (unpaired) electrons. The summed E-state index contributed by atoms with van der Waals surface area (Å²) in [6.45, 7) is 5.10. The van der Waals surface area contributed by atoms with Crippen molar-refractivity contribution in [2.24, 2.45) is 0 Å². The van der Waals surface area contributed by atoms with Crippen molar-refractivity contribution in [1.82, 2.24) is 25.2 Å². The predicted molar refractivity (Wildman–Crippen MR) is 109 cm³/mol. The fraction of sp³-hybridized carbons (Fsp3) is 0.300. The van der Waals surface area contributed by atoms with E-state index in [1.165, 1.54) is 16.2 Å². The van der Waals surface area contributed by atoms with E-state index < -0.39 is 0 Å². The highest BCUT2D eigenvalue weighted by Crippen LogP contribution is 2.31. The molecule has 0 unspecified atom stereocenters. The molecule has 0 aliphatic carbocycles. The van der Waals surface area contributed by atoms with Gasteiger partial charge in [0, 0.05) is 34.3 Å². The third-order valence-electron chi connectivity index (χ3n) is 5.28. The topological polar surface area (TPSA) is 74.2 Å². The van der Waals surface area contributed by atoms with E-state index in [0.717, 1.165) is 41.7 Å². The summed E-state index contributed by atoms with van der Waals surface area (Å²) >= 11 is 1.80. The van der Waals surface area contributed by atoms with Crippen LogP contribution in [0.4, 0.5) is 0 Å². The summed E-state index contributed by atoms with van der Waals surface area (Å²) in [5.74, 6) is 0. The van der Waals surface area contributed by atoms with Gasteiger partial charge in [-0.05, 0) is 55.3 Å². The summed E-state index contributed by atoms with van der Waals surface area (Å²) in [5.41, 5.74) is 3.59. The maximum atomic E-state index is 12.2. The molecule has 5 rings (SSSR count). The van der Waals surface area contributed by atoms with Gasteiger partial charge in [-0.25, -0.2) is 14.3 Å². The molecule has 1 aromatic carbocycles. The fourth-order valence-electron chi connectivity index (χ4n) is 3.82. The number of fused-ring (bicyclic) bond motifs is 3. The van der Waals surface area contributed by atoms with Gasteiger partial charge in [-0.15, -0.1) is 11.3 Å². The number of rotatable bonds is 4. The van der Waals surface area contributed by atoms with Crippen LogP contribution < -0.4 is 16.3 Å². The van der Waals surface area contributed by atoms with E-state index in [1.54, 1.807) is 15.7 Å². The first-order valence-electron chi connectivity index (χ1n) is 9.23. The summed E-state index contributed by atoms with van der Waals surface area (Å²) in [7, 11) is 0. The van der Waals surface area contributed by atoms with Gasteiger partial charge in [0.15, 0.2) is 5.65 Å². The second-order valence-corrected chi connectivity index (χ2v) is 8.29. The van der Waals surface area contributed by atoms with Crippen molar-refractivity contribution in [1.29, 1.82) is 0 Å². The van der Waals surface area contributed by atoms with Crippen LogP contribution in [0.2, 0.25) is 0 Å². The molecule has 6 nitrogen and oxygen atoms in total. The van der Waals surface area contributed by atoms with Crippen molar-refractivity contribution in [3.05, 3.63) is 57.3 Å². The minimum absolute atomic E-state index is 0.201. The van der Waals surface area contributed by atoms with Crippen LogP contribution in [0.15, 0.2) is 41.2 Å². The third-order valence-corrected chi connectivity index (χ3v) is 6.41. The summed E-state index contributed by atoms with van der Waals surface area (Å²) in [6, 6.07) is 13.2. The molecule has 27 heavy (non-hydrogen) atoms. The van der Waals surface area contributed by atoms with Gasteiger partial charge in [-0.3, -0.25) is 0 Å². The van der Waals surface area contributed by atoms with Gasteiger partial charge < -0.3 is 10.6 Å². The zero-order valence-corrected chi connectivity index (χ0v) is 15.9. The van der Waals surface area contributed by atoms with Gasteiger partial charge >= 0.3 is 5.69 Å². The van der Waals surface area contributed by atoms with Gasteiger partial charge in [0.05, 0.1) is 5.52 Å². The van der Waals surface area contributed by atoms with Gasteiger partial charge in [0.25, 0.3) is 0 Å². The minimum Gasteiger partial charge on any atom is -0.315 e. The molecule has 7 heteroatoms. The SMILES string of the molecule is Cc1cc2n[nH]c(=O)n2c2cc(-c3ccc(CN[C@@H]4CCNC4)s3)ccc12. The Kier molecular flexibility index (Phi) is 4.07. The van der Waals surface area contributed by atoms with Gasteiger partial charge in [0.1, 0.15) is 0 Å². The van der Waals surface area contributed by atoms with E-state index in [4.69, 9.17) is 0 Å². The number of hydrogen-bond donors (Lipinski definition) is 3. The van der Waals surface area contributed by atoms with E-state index in [0.29, 0.717) is 11.7 Å². The summed E-state index contributed by atoms with van der Waals surface area (Å²) in [6.07, 6.45) is 1.19. The van der Waals surface area contributed by atoms with Crippen LogP contribution in [0.5, 0.6) is 0 Å². The first-order chi connectivity index (χ1) is 13.2. The quantitative estimate of drug-likeness (QED) is 0.510. The van der Waals surface area contributed by atoms with Crippen LogP contribution in [0, 0.1) is 6.92 Å². The van der Waals surface area contributed by atoms with Crippen molar-refractivity contribution < 1.29 is 0 Å². The molecule has 0 saturated carbocycles. The second-order valence-electron chi connectivity index (χ2n) is 7.12. The lowest BCUT2D eigenvalue weighted by molar-refractivity contribution is 0.551. The number of benzene rings is 1. The van der Waals surface area contributed by atoms with Crippen molar-refractivity contribution in [2.45, 2.75) is 25.9 Å². The summed E-state index contributed by atoms with van der Waals surface area (Å²) < 4.78 is 1.65. The van der Waals surface area contributed by atoms with Crippen LogP contribution in [-0.4, -0.2) is 33.7 Å². The standard InChI is InChI=1S/C20H21N5OS/c1-12-8-19-23-24-20(26)25(19)17-9-13(2-4-16(12)17)18-5-3-15(27-18)11-22-14-6-7-21-10-14/h2-5,8-9,14,21-22H,6-7,10-11H2,1H3,(H,24,26)/t14-/m1/s1. The lowest BCUT2D eigenvalue weighted by Crippen LogP contribution is -2.30. The van der Waals surface area contributed by atoms with Crippen LogP contribution in [0.25, 0.3) is 27.0 Å². The molecular formula is C20H21N5OS. The number of aromatic nitrogens is 3. The Hall–Kier alpha value is -2.48. The van der Waals surface area contributed by atoms with Crippen molar-refractivity contribution in [2.75, 3.05) is 13.1 Å². The number of nitrogens with zero attached hydrogens (tertiary/aromatic N) is 2. The average Bonchev–Trinajstić information content (AvgIpc) is 3.41. The molecule has 138 valence electrons. The van der Waals surface area contributed by atoms with E-state index in [2.05, 4.69) is 51.2 Å². The van der Waals surface area contributed by atoms with Crippen molar-refractivity contribution >= 4 is 27.9 Å². The molecule has 1 atom stereocenters. The molecule has 0 bridgehead atoms. The van der Waals surface area contributed by atoms with Crippen molar-refractivity contribution in [3.63, 3.8) is 0 Å². The highest BCUT2D eigenvalue weighted by Gasteiger charge is 2.14. The summed E-state index contributed by atoms with van der Waals surface area (Å²) in [5, 5.41) is 14.7. The zero-order valence-electron chi connectivity index (χ0n) is 15.1. The Morgan fingerprint density at radius 2 is 2.22 bits per heavy atom. The Morgan fingerprint density at radius 1 is 1.30 bits per heavy atom. The molecule has 0 spiro atoms. The second kappa shape index (κ2) is 6.60. The van der Waals surface area contributed by atoms with Crippen LogP contribution in [-0.2, 0) is 6.54 Å². The Balaban J connectivity index is 1.50. The van der Waals surface area contributed by atoms with E-state index in [1.807, 2.05) is 13.0 Å². The average molecular weight is 379 g/mol. The zero-order chi connectivity index (χ0) is 18.4. The highest BCUT2D eigenvalue weighted by molar-refractivity contribution is 7.15. The smallest absolute Gasteiger partial charge is 0.315 e. The number of hydrogen-bond acceptors (Lipinski definition) is 5. The van der Waals surface area contributed by atoms with Crippen LogP contribution in [0.1, 0.15) is 16.9 Å². The lowest BCUT2D eigenvalue weighted by Gasteiger charge is -2.09. The maximum absolute atomic E-state index is 12.2. The van der Waals surface area contributed by atoms with Gasteiger partial charge in [0.2, 0.25) is 0 Å². The monoisotopic (exact) mass is 379 g/mol. The number of aryl methyl sites for hydroxylation is 1. The van der Waals surface area contributed by atoms with Crippen LogP contribution >= 0.6 is 11.3 Å².